The zero-order valence-corrected chi connectivity index (χ0v) is 19.1. The smallest absolute Gasteiger partial charge is 0.224 e. The number of allylic oxidation sites excluding steroid dienone is 1. The topological polar surface area (TPSA) is 117 Å². The third-order valence-corrected chi connectivity index (χ3v) is 6.55. The van der Waals surface area contributed by atoms with Crippen LogP contribution >= 0.6 is 0 Å². The Labute approximate surface area is 202 Å². The molecule has 35 heavy (non-hydrogen) atoms. The standard InChI is InChI=1S/C26H23N7O2/c1-32-26-22(23(31-32)20-3-2-14-34-20)21(19(15-27)24(28)35-26)16-4-6-18(7-5-16)33-13-12-30-25(33)17-8-10-29-11-9-17/h4-13,20-21H,2-3,14,28H2,1H3. The van der Waals surface area contributed by atoms with Crippen molar-refractivity contribution in [3.63, 3.8) is 0 Å². The Balaban J connectivity index is 1.43. The summed E-state index contributed by atoms with van der Waals surface area (Å²) >= 11 is 0. The lowest BCUT2D eigenvalue weighted by Gasteiger charge is -2.25. The molecule has 0 radical (unpaired) electrons. The fourth-order valence-electron chi connectivity index (χ4n) is 4.92. The Hall–Kier alpha value is -4.42. The number of fused-ring (bicyclic) bond motifs is 1. The van der Waals surface area contributed by atoms with Crippen LogP contribution in [0.4, 0.5) is 0 Å². The van der Waals surface area contributed by atoms with Gasteiger partial charge in [-0.1, -0.05) is 12.1 Å². The van der Waals surface area contributed by atoms with Gasteiger partial charge in [0.2, 0.25) is 11.8 Å². The predicted molar refractivity (Wildman–Crippen MR) is 127 cm³/mol. The molecule has 0 aliphatic carbocycles. The van der Waals surface area contributed by atoms with Gasteiger partial charge >= 0.3 is 0 Å². The molecule has 2 aliphatic heterocycles. The number of rotatable bonds is 4. The van der Waals surface area contributed by atoms with Gasteiger partial charge < -0.3 is 15.2 Å². The second kappa shape index (κ2) is 8.42. The number of ether oxygens (including phenoxy) is 2. The number of benzene rings is 1. The van der Waals surface area contributed by atoms with Crippen molar-refractivity contribution in [1.82, 2.24) is 24.3 Å². The second-order valence-electron chi connectivity index (χ2n) is 8.60. The molecule has 2 atom stereocenters. The van der Waals surface area contributed by atoms with Crippen LogP contribution in [-0.4, -0.2) is 30.9 Å². The van der Waals surface area contributed by atoms with Crippen LogP contribution in [0.3, 0.4) is 0 Å². The first kappa shape index (κ1) is 21.1. The number of nitrogens with zero attached hydrogens (tertiary/aromatic N) is 6. The minimum Gasteiger partial charge on any atom is -0.422 e. The molecule has 1 aromatic carbocycles. The average molecular weight is 466 g/mol. The third kappa shape index (κ3) is 3.47. The van der Waals surface area contributed by atoms with E-state index in [4.69, 9.17) is 20.3 Å². The number of hydrogen-bond donors (Lipinski definition) is 1. The largest absolute Gasteiger partial charge is 0.422 e. The number of pyridine rings is 1. The van der Waals surface area contributed by atoms with E-state index >= 15 is 0 Å². The lowest BCUT2D eigenvalue weighted by molar-refractivity contribution is 0.107. The summed E-state index contributed by atoms with van der Waals surface area (Å²) < 4.78 is 15.5. The Morgan fingerprint density at radius 1 is 1.11 bits per heavy atom. The van der Waals surface area contributed by atoms with E-state index in [1.807, 2.05) is 54.2 Å². The Kier molecular flexibility index (Phi) is 5.08. The highest BCUT2D eigenvalue weighted by atomic mass is 16.5. The van der Waals surface area contributed by atoms with Crippen LogP contribution in [0.15, 0.2) is 72.6 Å². The number of imidazole rings is 1. The molecule has 6 rings (SSSR count). The Bertz CT molecular complexity index is 1460. The maximum absolute atomic E-state index is 10.0. The van der Waals surface area contributed by atoms with Crippen molar-refractivity contribution < 1.29 is 9.47 Å². The van der Waals surface area contributed by atoms with E-state index < -0.39 is 5.92 Å². The summed E-state index contributed by atoms with van der Waals surface area (Å²) in [4.78, 5) is 8.62. The third-order valence-electron chi connectivity index (χ3n) is 6.55. The van der Waals surface area contributed by atoms with Crippen molar-refractivity contribution in [3.05, 3.63) is 89.5 Å². The lowest BCUT2D eigenvalue weighted by atomic mass is 9.83. The summed E-state index contributed by atoms with van der Waals surface area (Å²) in [6.07, 6.45) is 8.93. The second-order valence-corrected chi connectivity index (χ2v) is 8.60. The van der Waals surface area contributed by atoms with Gasteiger partial charge in [-0.2, -0.15) is 10.4 Å². The van der Waals surface area contributed by atoms with Crippen LogP contribution in [0.1, 0.15) is 41.7 Å². The first-order valence-corrected chi connectivity index (χ1v) is 11.5. The van der Waals surface area contributed by atoms with Crippen LogP contribution in [0.25, 0.3) is 17.1 Å². The van der Waals surface area contributed by atoms with Crippen molar-refractivity contribution in [2.75, 3.05) is 6.61 Å². The molecule has 0 bridgehead atoms. The van der Waals surface area contributed by atoms with E-state index in [2.05, 4.69) is 16.0 Å². The molecule has 5 heterocycles. The highest BCUT2D eigenvalue weighted by Crippen LogP contribution is 2.47. The molecule has 1 saturated heterocycles. The van der Waals surface area contributed by atoms with Crippen LogP contribution in [0, 0.1) is 11.3 Å². The first-order valence-electron chi connectivity index (χ1n) is 11.5. The molecule has 0 spiro atoms. The van der Waals surface area contributed by atoms with Crippen molar-refractivity contribution in [2.45, 2.75) is 24.9 Å². The Morgan fingerprint density at radius 2 is 1.91 bits per heavy atom. The summed E-state index contributed by atoms with van der Waals surface area (Å²) in [5, 5.41) is 14.7. The zero-order chi connectivity index (χ0) is 23.9. The minimum atomic E-state index is -0.395. The molecule has 0 amide bonds. The monoisotopic (exact) mass is 465 g/mol. The number of nitrogens with two attached hydrogens (primary N) is 1. The van der Waals surface area contributed by atoms with Gasteiger partial charge in [0.25, 0.3) is 0 Å². The van der Waals surface area contributed by atoms with Crippen LogP contribution in [-0.2, 0) is 11.8 Å². The molecule has 0 saturated carbocycles. The number of nitriles is 1. The summed E-state index contributed by atoms with van der Waals surface area (Å²) in [6.45, 7) is 0.698. The van der Waals surface area contributed by atoms with E-state index in [0.717, 1.165) is 46.7 Å². The summed E-state index contributed by atoms with van der Waals surface area (Å²) in [7, 11) is 1.82. The quantitative estimate of drug-likeness (QED) is 0.488. The molecule has 9 heteroatoms. The normalized spacial score (nSPS) is 19.3. The van der Waals surface area contributed by atoms with Gasteiger partial charge in [0.15, 0.2) is 0 Å². The molecule has 9 nitrogen and oxygen atoms in total. The molecule has 174 valence electrons. The fraction of sp³-hybridized carbons (Fsp3) is 0.231. The Morgan fingerprint density at radius 3 is 2.63 bits per heavy atom. The average Bonchev–Trinajstić information content (AvgIpc) is 3.65. The first-order chi connectivity index (χ1) is 17.2. The van der Waals surface area contributed by atoms with Crippen molar-refractivity contribution >= 4 is 0 Å². The molecule has 2 unspecified atom stereocenters. The summed E-state index contributed by atoms with van der Waals surface area (Å²) in [5.74, 6) is 1.08. The maximum atomic E-state index is 10.0. The van der Waals surface area contributed by atoms with Crippen LogP contribution < -0.4 is 10.5 Å². The molecule has 1 fully saturated rings. The molecule has 2 N–H and O–H groups in total. The SMILES string of the molecule is Cn1nc(C2CCCO2)c2c1OC(N)=C(C#N)C2c1ccc(-n2ccnc2-c2ccncc2)cc1. The number of aryl methyl sites for hydroxylation is 1. The fourth-order valence-corrected chi connectivity index (χ4v) is 4.92. The minimum absolute atomic E-state index is 0.102. The molecule has 3 aromatic heterocycles. The van der Waals surface area contributed by atoms with Crippen LogP contribution in [0.2, 0.25) is 0 Å². The van der Waals surface area contributed by atoms with Gasteiger partial charge in [0.1, 0.15) is 23.6 Å². The lowest BCUT2D eigenvalue weighted by Crippen LogP contribution is -2.22. The molecular formula is C26H23N7O2. The molecule has 2 aliphatic rings. The van der Waals surface area contributed by atoms with E-state index in [-0.39, 0.29) is 12.0 Å². The summed E-state index contributed by atoms with van der Waals surface area (Å²) in [5.41, 5.74) is 11.1. The van der Waals surface area contributed by atoms with E-state index in [1.165, 1.54) is 0 Å². The maximum Gasteiger partial charge on any atom is 0.224 e. The van der Waals surface area contributed by atoms with E-state index in [9.17, 15) is 5.26 Å². The van der Waals surface area contributed by atoms with E-state index in [0.29, 0.717) is 18.1 Å². The predicted octanol–water partition coefficient (Wildman–Crippen LogP) is 3.74. The van der Waals surface area contributed by atoms with Crippen molar-refractivity contribution in [2.24, 2.45) is 12.8 Å². The van der Waals surface area contributed by atoms with Crippen molar-refractivity contribution in [3.8, 4) is 29.0 Å². The number of aromatic nitrogens is 5. The van der Waals surface area contributed by atoms with Gasteiger partial charge in [-0.25, -0.2) is 9.67 Å². The molecular weight excluding hydrogens is 442 g/mol. The van der Waals surface area contributed by atoms with Gasteiger partial charge in [-0.05, 0) is 42.7 Å². The van der Waals surface area contributed by atoms with Gasteiger partial charge in [-0.15, -0.1) is 0 Å². The zero-order valence-electron chi connectivity index (χ0n) is 19.1. The van der Waals surface area contributed by atoms with E-state index in [1.54, 1.807) is 23.3 Å². The van der Waals surface area contributed by atoms with Crippen molar-refractivity contribution in [1.29, 1.82) is 5.26 Å². The summed E-state index contributed by atoms with van der Waals surface area (Å²) in [6, 6.07) is 14.2. The highest BCUT2D eigenvalue weighted by molar-refractivity contribution is 5.60. The van der Waals surface area contributed by atoms with Gasteiger partial charge in [-0.3, -0.25) is 9.55 Å². The van der Waals surface area contributed by atoms with Gasteiger partial charge in [0, 0.05) is 49.7 Å². The molecule has 4 aromatic rings. The highest BCUT2D eigenvalue weighted by Gasteiger charge is 2.39. The van der Waals surface area contributed by atoms with Gasteiger partial charge in [0.05, 0.1) is 17.2 Å². The van der Waals surface area contributed by atoms with Crippen LogP contribution in [0.5, 0.6) is 5.88 Å². The number of hydrogen-bond acceptors (Lipinski definition) is 7.